The Morgan fingerprint density at radius 3 is 2.56 bits per heavy atom. The van der Waals surface area contributed by atoms with E-state index >= 15 is 0 Å². The van der Waals surface area contributed by atoms with Crippen LogP contribution in [-0.2, 0) is 4.79 Å². The number of anilines is 1. The molecule has 0 radical (unpaired) electrons. The van der Waals surface area contributed by atoms with Gasteiger partial charge in [-0.05, 0) is 38.8 Å². The number of carbonyl (C=O) groups excluding carboxylic acids is 2. The molecule has 0 aliphatic carbocycles. The van der Waals surface area contributed by atoms with Crippen molar-refractivity contribution in [1.29, 1.82) is 0 Å². The van der Waals surface area contributed by atoms with E-state index in [0.29, 0.717) is 36.4 Å². The van der Waals surface area contributed by atoms with Gasteiger partial charge in [-0.2, -0.15) is 0 Å². The van der Waals surface area contributed by atoms with E-state index in [-0.39, 0.29) is 11.7 Å². The summed E-state index contributed by atoms with van der Waals surface area (Å²) in [5, 5.41) is 0. The van der Waals surface area contributed by atoms with Crippen molar-refractivity contribution in [2.45, 2.75) is 26.7 Å². The SMILES string of the molecule is C/C=C/C[C@@]1(C(=O)c2ccc(C)cc2)CCN(c2ccccc2OC)C1=O. The standard InChI is InChI=1S/C23H25NO3/c1-4-5-14-23(21(25)18-12-10-17(2)11-13-18)15-16-24(22(23)26)19-8-6-7-9-20(19)27-3/h4-13H,14-16H2,1-3H3/b5-4+/t23-/m0/s1. The van der Waals surface area contributed by atoms with Crippen LogP contribution in [0.15, 0.2) is 60.7 Å². The molecule has 0 saturated carbocycles. The fraction of sp³-hybridized carbons (Fsp3) is 0.304. The number of ether oxygens (including phenoxy) is 1. The molecule has 0 N–H and O–H groups in total. The molecule has 0 aromatic heterocycles. The van der Waals surface area contributed by atoms with Gasteiger partial charge in [0.2, 0.25) is 5.91 Å². The van der Waals surface area contributed by atoms with Crippen LogP contribution in [-0.4, -0.2) is 25.3 Å². The first-order chi connectivity index (χ1) is 13.0. The number of carbonyl (C=O) groups is 2. The van der Waals surface area contributed by atoms with Crippen molar-refractivity contribution in [3.05, 3.63) is 71.8 Å². The maximum absolute atomic E-state index is 13.5. The van der Waals surface area contributed by atoms with E-state index in [2.05, 4.69) is 0 Å². The molecule has 1 aliphatic heterocycles. The lowest BCUT2D eigenvalue weighted by molar-refractivity contribution is -0.123. The number of benzene rings is 2. The lowest BCUT2D eigenvalue weighted by atomic mass is 9.76. The Morgan fingerprint density at radius 1 is 1.19 bits per heavy atom. The molecule has 1 fully saturated rings. The Bertz CT molecular complexity index is 869. The van der Waals surface area contributed by atoms with Crippen molar-refractivity contribution < 1.29 is 14.3 Å². The molecular weight excluding hydrogens is 338 g/mol. The molecule has 0 spiro atoms. The van der Waals surface area contributed by atoms with Gasteiger partial charge in [-0.15, -0.1) is 0 Å². The predicted octanol–water partition coefficient (Wildman–Crippen LogP) is 4.58. The smallest absolute Gasteiger partial charge is 0.241 e. The second kappa shape index (κ2) is 7.78. The van der Waals surface area contributed by atoms with E-state index in [1.54, 1.807) is 12.0 Å². The van der Waals surface area contributed by atoms with Crippen LogP contribution in [0.3, 0.4) is 0 Å². The quantitative estimate of drug-likeness (QED) is 0.429. The third kappa shape index (κ3) is 3.39. The van der Waals surface area contributed by atoms with Gasteiger partial charge in [-0.1, -0.05) is 54.1 Å². The van der Waals surface area contributed by atoms with Crippen molar-refractivity contribution in [3.63, 3.8) is 0 Å². The average molecular weight is 363 g/mol. The topological polar surface area (TPSA) is 46.6 Å². The van der Waals surface area contributed by atoms with E-state index in [0.717, 1.165) is 5.56 Å². The molecule has 2 aromatic carbocycles. The van der Waals surface area contributed by atoms with Gasteiger partial charge in [0, 0.05) is 12.1 Å². The molecule has 2 aromatic rings. The van der Waals surface area contributed by atoms with Gasteiger partial charge >= 0.3 is 0 Å². The van der Waals surface area contributed by atoms with Crippen LogP contribution in [0.1, 0.15) is 35.7 Å². The van der Waals surface area contributed by atoms with E-state index < -0.39 is 5.41 Å². The summed E-state index contributed by atoms with van der Waals surface area (Å²) in [6, 6.07) is 14.9. The summed E-state index contributed by atoms with van der Waals surface area (Å²) in [5.41, 5.74) is 1.31. The molecule has 27 heavy (non-hydrogen) atoms. The maximum Gasteiger partial charge on any atom is 0.241 e. The van der Waals surface area contributed by atoms with Crippen LogP contribution in [0.4, 0.5) is 5.69 Å². The van der Waals surface area contributed by atoms with E-state index in [1.165, 1.54) is 0 Å². The van der Waals surface area contributed by atoms with Gasteiger partial charge in [0.25, 0.3) is 0 Å². The molecule has 3 rings (SSSR count). The van der Waals surface area contributed by atoms with Crippen molar-refractivity contribution in [1.82, 2.24) is 0 Å². The number of ketones is 1. The zero-order valence-electron chi connectivity index (χ0n) is 16.1. The lowest BCUT2D eigenvalue weighted by Crippen LogP contribution is -2.40. The largest absolute Gasteiger partial charge is 0.495 e. The minimum absolute atomic E-state index is 0.108. The molecule has 1 atom stereocenters. The Kier molecular flexibility index (Phi) is 5.45. The first-order valence-corrected chi connectivity index (χ1v) is 9.21. The first kappa shape index (κ1) is 18.9. The van der Waals surface area contributed by atoms with Crippen molar-refractivity contribution >= 4 is 17.4 Å². The van der Waals surface area contributed by atoms with Crippen LogP contribution < -0.4 is 9.64 Å². The number of hydrogen-bond donors (Lipinski definition) is 0. The summed E-state index contributed by atoms with van der Waals surface area (Å²) in [7, 11) is 1.59. The van der Waals surface area contributed by atoms with E-state index in [9.17, 15) is 9.59 Å². The number of rotatable bonds is 6. The monoisotopic (exact) mass is 363 g/mol. The molecule has 4 heteroatoms. The predicted molar refractivity (Wildman–Crippen MR) is 107 cm³/mol. The zero-order valence-corrected chi connectivity index (χ0v) is 16.1. The fourth-order valence-electron chi connectivity index (χ4n) is 3.65. The summed E-state index contributed by atoms with van der Waals surface area (Å²) in [6.45, 7) is 4.38. The van der Waals surface area contributed by atoms with Gasteiger partial charge in [-0.25, -0.2) is 0 Å². The van der Waals surface area contributed by atoms with Gasteiger partial charge in [0.15, 0.2) is 5.78 Å². The number of allylic oxidation sites excluding steroid dienone is 2. The lowest BCUT2D eigenvalue weighted by Gasteiger charge is -2.26. The van der Waals surface area contributed by atoms with Gasteiger partial charge < -0.3 is 9.64 Å². The highest BCUT2D eigenvalue weighted by atomic mass is 16.5. The number of methoxy groups -OCH3 is 1. The highest BCUT2D eigenvalue weighted by Gasteiger charge is 2.52. The van der Waals surface area contributed by atoms with Crippen LogP contribution in [0, 0.1) is 12.3 Å². The summed E-state index contributed by atoms with van der Waals surface area (Å²) in [4.78, 5) is 28.6. The van der Waals surface area contributed by atoms with Gasteiger partial charge in [0.1, 0.15) is 11.2 Å². The zero-order chi connectivity index (χ0) is 19.4. The summed E-state index contributed by atoms with van der Waals surface area (Å²) < 4.78 is 5.42. The highest BCUT2D eigenvalue weighted by Crippen LogP contribution is 2.43. The molecule has 1 saturated heterocycles. The molecule has 0 bridgehead atoms. The van der Waals surface area contributed by atoms with Crippen LogP contribution in [0.25, 0.3) is 0 Å². The first-order valence-electron chi connectivity index (χ1n) is 9.21. The Hall–Kier alpha value is -2.88. The number of aryl methyl sites for hydroxylation is 1. The summed E-state index contributed by atoms with van der Waals surface area (Å²) >= 11 is 0. The van der Waals surface area contributed by atoms with Crippen LogP contribution in [0.5, 0.6) is 5.75 Å². The van der Waals surface area contributed by atoms with Crippen LogP contribution >= 0.6 is 0 Å². The Balaban J connectivity index is 2.01. The number of hydrogen-bond acceptors (Lipinski definition) is 3. The highest BCUT2D eigenvalue weighted by molar-refractivity contribution is 6.20. The van der Waals surface area contributed by atoms with Crippen LogP contribution in [0.2, 0.25) is 0 Å². The minimum atomic E-state index is -1.07. The normalized spacial score (nSPS) is 19.7. The number of Topliss-reactive ketones (excluding diaryl/α,β-unsaturated/α-hetero) is 1. The molecular formula is C23H25NO3. The number of nitrogens with zero attached hydrogens (tertiary/aromatic N) is 1. The second-order valence-electron chi connectivity index (χ2n) is 6.93. The molecule has 1 heterocycles. The summed E-state index contributed by atoms with van der Waals surface area (Å²) in [6.07, 6.45) is 4.69. The Morgan fingerprint density at radius 2 is 1.89 bits per heavy atom. The molecule has 0 unspecified atom stereocenters. The van der Waals surface area contributed by atoms with E-state index in [1.807, 2.05) is 74.5 Å². The average Bonchev–Trinajstić information content (AvgIpc) is 3.03. The molecule has 1 aliphatic rings. The Labute approximate surface area is 160 Å². The minimum Gasteiger partial charge on any atom is -0.495 e. The third-order valence-corrected chi connectivity index (χ3v) is 5.24. The van der Waals surface area contributed by atoms with Crippen molar-refractivity contribution in [2.75, 3.05) is 18.6 Å². The fourth-order valence-corrected chi connectivity index (χ4v) is 3.65. The van der Waals surface area contributed by atoms with Crippen molar-refractivity contribution in [3.8, 4) is 5.75 Å². The van der Waals surface area contributed by atoms with Gasteiger partial charge in [0.05, 0.1) is 12.8 Å². The van der Waals surface area contributed by atoms with Crippen molar-refractivity contribution in [2.24, 2.45) is 5.41 Å². The molecule has 140 valence electrons. The third-order valence-electron chi connectivity index (χ3n) is 5.24. The molecule has 4 nitrogen and oxygen atoms in total. The second-order valence-corrected chi connectivity index (χ2v) is 6.93. The number of para-hydroxylation sites is 2. The maximum atomic E-state index is 13.5. The van der Waals surface area contributed by atoms with Gasteiger partial charge in [-0.3, -0.25) is 9.59 Å². The number of amides is 1. The summed E-state index contributed by atoms with van der Waals surface area (Å²) in [5.74, 6) is 0.370. The van der Waals surface area contributed by atoms with E-state index in [4.69, 9.17) is 4.74 Å². The molecule has 1 amide bonds.